The number of hydrogen-bond donors (Lipinski definition) is 2. The van der Waals surface area contributed by atoms with Crippen LogP contribution in [0, 0.1) is 0 Å². The fourth-order valence-electron chi connectivity index (χ4n) is 4.39. The Hall–Kier alpha value is -4.07. The van der Waals surface area contributed by atoms with Crippen molar-refractivity contribution in [2.24, 2.45) is 0 Å². The number of nitrogens with zero attached hydrogens (tertiary/aromatic N) is 1. The predicted octanol–water partition coefficient (Wildman–Crippen LogP) is 4.00. The standard InChI is InChI=1S/C26H27N3O5/c1-15(30)28-19-10-8-16-13-22(32-2)25(33-3)26(34-4)24(16)17-9-11-20(21(31)14-18(17)19)29-23-7-5-6-12-27-23/h5-7,9,11-14,19H,8,10H2,1-4H3,(H,28,30)(H,27,29,31). The number of pyridine rings is 1. The minimum absolute atomic E-state index is 0.171. The van der Waals surface area contributed by atoms with Crippen molar-refractivity contribution >= 4 is 17.4 Å². The highest BCUT2D eigenvalue weighted by molar-refractivity contribution is 5.84. The smallest absolute Gasteiger partial charge is 0.217 e. The molecule has 1 aromatic heterocycles. The van der Waals surface area contributed by atoms with E-state index in [1.54, 1.807) is 51.8 Å². The van der Waals surface area contributed by atoms with Crippen molar-refractivity contribution in [1.82, 2.24) is 10.3 Å². The van der Waals surface area contributed by atoms with Crippen LogP contribution in [0.15, 0.2) is 53.5 Å². The molecule has 0 fully saturated rings. The van der Waals surface area contributed by atoms with Gasteiger partial charge >= 0.3 is 0 Å². The first kappa shape index (κ1) is 23.1. The summed E-state index contributed by atoms with van der Waals surface area (Å²) in [6.45, 7) is 1.47. The molecule has 0 aliphatic heterocycles. The van der Waals surface area contributed by atoms with Crippen molar-refractivity contribution in [2.45, 2.75) is 25.8 Å². The summed E-state index contributed by atoms with van der Waals surface area (Å²) in [6, 6.07) is 12.2. The zero-order chi connectivity index (χ0) is 24.2. The number of aromatic nitrogens is 1. The minimum atomic E-state index is -0.357. The fraction of sp³-hybridized carbons (Fsp3) is 0.269. The largest absolute Gasteiger partial charge is 0.493 e. The van der Waals surface area contributed by atoms with Gasteiger partial charge in [-0.1, -0.05) is 12.1 Å². The number of methoxy groups -OCH3 is 3. The third-order valence-electron chi connectivity index (χ3n) is 5.84. The summed E-state index contributed by atoms with van der Waals surface area (Å²) >= 11 is 0. The average Bonchev–Trinajstić information content (AvgIpc) is 3.07. The van der Waals surface area contributed by atoms with Crippen molar-refractivity contribution in [2.75, 3.05) is 26.6 Å². The average molecular weight is 462 g/mol. The Morgan fingerprint density at radius 2 is 1.82 bits per heavy atom. The lowest BCUT2D eigenvalue weighted by Gasteiger charge is -2.19. The molecule has 0 radical (unpaired) electrons. The number of anilines is 2. The maximum absolute atomic E-state index is 13.3. The molecule has 2 N–H and O–H groups in total. The molecular formula is C26H27N3O5. The molecule has 3 aromatic rings. The third kappa shape index (κ3) is 4.39. The van der Waals surface area contributed by atoms with Crippen molar-refractivity contribution < 1.29 is 19.0 Å². The van der Waals surface area contributed by atoms with Gasteiger partial charge in [0, 0.05) is 18.7 Å². The molecule has 0 spiro atoms. The number of carbonyl (C=O) groups excluding carboxylic acids is 1. The van der Waals surface area contributed by atoms with Crippen LogP contribution in [0.5, 0.6) is 17.2 Å². The second-order valence-corrected chi connectivity index (χ2v) is 7.94. The van der Waals surface area contributed by atoms with Crippen molar-refractivity contribution in [3.05, 3.63) is 70.0 Å². The number of rotatable bonds is 6. The molecular weight excluding hydrogens is 434 g/mol. The van der Waals surface area contributed by atoms with Gasteiger partial charge in [-0.05, 0) is 59.9 Å². The Kier molecular flexibility index (Phi) is 6.67. The molecule has 1 atom stereocenters. The van der Waals surface area contributed by atoms with Crippen molar-refractivity contribution in [3.63, 3.8) is 0 Å². The summed E-state index contributed by atoms with van der Waals surface area (Å²) in [4.78, 5) is 29.5. The minimum Gasteiger partial charge on any atom is -0.493 e. The molecule has 8 heteroatoms. The van der Waals surface area contributed by atoms with Gasteiger partial charge in [0.25, 0.3) is 0 Å². The van der Waals surface area contributed by atoms with E-state index in [1.165, 1.54) is 6.92 Å². The highest BCUT2D eigenvalue weighted by atomic mass is 16.5. The zero-order valence-corrected chi connectivity index (χ0v) is 19.6. The van der Waals surface area contributed by atoms with Gasteiger partial charge in [-0.25, -0.2) is 4.98 Å². The first-order chi connectivity index (χ1) is 16.5. The van der Waals surface area contributed by atoms with Crippen LogP contribution in [-0.2, 0) is 11.2 Å². The number of fused-ring (bicyclic) bond motifs is 3. The zero-order valence-electron chi connectivity index (χ0n) is 19.6. The Bertz CT molecular complexity index is 1280. The molecule has 2 aromatic carbocycles. The topological polar surface area (TPSA) is 98.8 Å². The molecule has 1 amide bonds. The summed E-state index contributed by atoms with van der Waals surface area (Å²) in [5.74, 6) is 1.92. The summed E-state index contributed by atoms with van der Waals surface area (Å²) in [5, 5.41) is 6.10. The van der Waals surface area contributed by atoms with Gasteiger partial charge in [0.15, 0.2) is 11.5 Å². The molecule has 1 aliphatic rings. The van der Waals surface area contributed by atoms with E-state index < -0.39 is 0 Å². The normalized spacial score (nSPS) is 14.2. The monoisotopic (exact) mass is 461 g/mol. The number of benzene rings is 1. The molecule has 176 valence electrons. The number of aryl methyl sites for hydroxylation is 1. The van der Waals surface area contributed by atoms with Gasteiger partial charge < -0.3 is 24.8 Å². The first-order valence-corrected chi connectivity index (χ1v) is 10.9. The maximum atomic E-state index is 13.3. The van der Waals surface area contributed by atoms with Crippen LogP contribution < -0.4 is 30.3 Å². The predicted molar refractivity (Wildman–Crippen MR) is 130 cm³/mol. The molecule has 0 saturated heterocycles. The van der Waals surface area contributed by atoms with Crippen LogP contribution in [-0.4, -0.2) is 32.2 Å². The summed E-state index contributed by atoms with van der Waals surface area (Å²) in [6.07, 6.45) is 2.89. The van der Waals surface area contributed by atoms with Crippen molar-refractivity contribution in [3.8, 4) is 28.4 Å². The lowest BCUT2D eigenvalue weighted by molar-refractivity contribution is -0.119. The molecule has 8 nitrogen and oxygen atoms in total. The number of ether oxygens (including phenoxy) is 3. The highest BCUT2D eigenvalue weighted by Gasteiger charge is 2.29. The second kappa shape index (κ2) is 9.82. The first-order valence-electron chi connectivity index (χ1n) is 10.9. The lowest BCUT2D eigenvalue weighted by atomic mass is 9.95. The van der Waals surface area contributed by atoms with E-state index in [-0.39, 0.29) is 17.4 Å². The van der Waals surface area contributed by atoms with Gasteiger partial charge in [-0.2, -0.15) is 0 Å². The van der Waals surface area contributed by atoms with Gasteiger partial charge in [-0.3, -0.25) is 9.59 Å². The number of carbonyl (C=O) groups is 1. The van der Waals surface area contributed by atoms with Gasteiger partial charge in [0.2, 0.25) is 17.1 Å². The van der Waals surface area contributed by atoms with Crippen LogP contribution in [0.4, 0.5) is 11.5 Å². The summed E-state index contributed by atoms with van der Waals surface area (Å²) < 4.78 is 17.0. The Morgan fingerprint density at radius 1 is 1.03 bits per heavy atom. The van der Waals surface area contributed by atoms with Crippen LogP contribution >= 0.6 is 0 Å². The Balaban J connectivity index is 1.99. The van der Waals surface area contributed by atoms with E-state index in [0.29, 0.717) is 47.2 Å². The SMILES string of the molecule is COc1cc2c(c(OC)c1OC)-c1ccc(Nc3ccccn3)c(=O)cc1C(NC(C)=O)CC2. The van der Waals surface area contributed by atoms with E-state index in [4.69, 9.17) is 14.2 Å². The highest BCUT2D eigenvalue weighted by Crippen LogP contribution is 2.50. The van der Waals surface area contributed by atoms with Gasteiger partial charge in [-0.15, -0.1) is 0 Å². The molecule has 34 heavy (non-hydrogen) atoms. The van der Waals surface area contributed by atoms with Crippen molar-refractivity contribution in [1.29, 1.82) is 0 Å². The molecule has 0 saturated carbocycles. The Labute approximate surface area is 197 Å². The second-order valence-electron chi connectivity index (χ2n) is 7.94. The summed E-state index contributed by atoms with van der Waals surface area (Å²) in [5.41, 5.74) is 3.41. The number of hydrogen-bond acceptors (Lipinski definition) is 7. The fourth-order valence-corrected chi connectivity index (χ4v) is 4.39. The van der Waals surface area contributed by atoms with Crippen LogP contribution in [0.25, 0.3) is 11.1 Å². The van der Waals surface area contributed by atoms with Crippen LogP contribution in [0.3, 0.4) is 0 Å². The molecule has 1 aliphatic carbocycles. The summed E-state index contributed by atoms with van der Waals surface area (Å²) in [7, 11) is 4.71. The van der Waals surface area contributed by atoms with E-state index in [1.807, 2.05) is 18.2 Å². The van der Waals surface area contributed by atoms with E-state index in [2.05, 4.69) is 15.6 Å². The van der Waals surface area contributed by atoms with E-state index in [9.17, 15) is 9.59 Å². The molecule has 4 rings (SSSR count). The molecule has 1 heterocycles. The van der Waals surface area contributed by atoms with E-state index >= 15 is 0 Å². The van der Waals surface area contributed by atoms with E-state index in [0.717, 1.165) is 16.7 Å². The Morgan fingerprint density at radius 3 is 2.47 bits per heavy atom. The van der Waals surface area contributed by atoms with Gasteiger partial charge in [0.05, 0.1) is 33.1 Å². The number of amides is 1. The molecule has 0 bridgehead atoms. The lowest BCUT2D eigenvalue weighted by Crippen LogP contribution is -2.26. The molecule has 1 unspecified atom stereocenters. The van der Waals surface area contributed by atoms with Gasteiger partial charge in [0.1, 0.15) is 5.82 Å². The number of nitrogens with one attached hydrogen (secondary N) is 2. The van der Waals surface area contributed by atoms with Crippen LogP contribution in [0.2, 0.25) is 0 Å². The maximum Gasteiger partial charge on any atom is 0.217 e. The quantitative estimate of drug-likeness (QED) is 0.572. The van der Waals surface area contributed by atoms with Crippen LogP contribution in [0.1, 0.15) is 30.5 Å². The third-order valence-corrected chi connectivity index (χ3v) is 5.84.